The molecule has 0 aliphatic carbocycles. The smallest absolute Gasteiger partial charge is 0.274 e. The van der Waals surface area contributed by atoms with Crippen LogP contribution < -0.4 is 5.32 Å². The largest absolute Gasteiger partial charge is 0.350 e. The maximum Gasteiger partial charge on any atom is 0.274 e. The summed E-state index contributed by atoms with van der Waals surface area (Å²) >= 11 is 6.13. The normalized spacial score (nSPS) is 10.8. The number of amides is 1. The highest BCUT2D eigenvalue weighted by molar-refractivity contribution is 6.31. The van der Waals surface area contributed by atoms with Gasteiger partial charge in [-0.15, -0.1) is 0 Å². The van der Waals surface area contributed by atoms with Gasteiger partial charge in [0, 0.05) is 23.3 Å². The van der Waals surface area contributed by atoms with E-state index < -0.39 is 0 Å². The third-order valence-corrected chi connectivity index (χ3v) is 4.90. The van der Waals surface area contributed by atoms with Gasteiger partial charge in [-0.25, -0.2) is 0 Å². The second kappa shape index (κ2) is 8.32. The molecule has 0 bridgehead atoms. The van der Waals surface area contributed by atoms with Crippen molar-refractivity contribution in [2.24, 2.45) is 0 Å². The summed E-state index contributed by atoms with van der Waals surface area (Å²) in [5.41, 5.74) is 3.59. The minimum Gasteiger partial charge on any atom is -0.350 e. The first-order valence-electron chi connectivity index (χ1n) is 9.16. The van der Waals surface area contributed by atoms with E-state index in [1.807, 2.05) is 61.5 Å². The molecule has 29 heavy (non-hydrogen) atoms. The minimum atomic E-state index is -0.138. The second-order valence-corrected chi connectivity index (χ2v) is 7.09. The molecular weight excluding hydrogens is 388 g/mol. The molecule has 7 heteroatoms. The Bertz CT molecular complexity index is 1130. The predicted molar refractivity (Wildman–Crippen MR) is 111 cm³/mol. The van der Waals surface area contributed by atoms with E-state index in [0.717, 1.165) is 16.7 Å². The summed E-state index contributed by atoms with van der Waals surface area (Å²) in [6.45, 7) is 2.53. The Kier molecular flexibility index (Phi) is 5.44. The van der Waals surface area contributed by atoms with E-state index in [1.165, 1.54) is 0 Å². The van der Waals surface area contributed by atoms with Crippen LogP contribution in [-0.4, -0.2) is 20.6 Å². The molecule has 0 spiro atoms. The highest BCUT2D eigenvalue weighted by atomic mass is 35.5. The van der Waals surface area contributed by atoms with Crippen LogP contribution in [-0.2, 0) is 17.9 Å². The van der Waals surface area contributed by atoms with Crippen molar-refractivity contribution in [1.29, 1.82) is 0 Å². The van der Waals surface area contributed by atoms with E-state index in [0.29, 0.717) is 29.0 Å². The Labute approximate surface area is 173 Å². The molecule has 0 radical (unpaired) electrons. The summed E-state index contributed by atoms with van der Waals surface area (Å²) in [7, 11) is 0. The van der Waals surface area contributed by atoms with Gasteiger partial charge in [-0.05, 0) is 30.7 Å². The fourth-order valence-electron chi connectivity index (χ4n) is 2.94. The van der Waals surface area contributed by atoms with Crippen molar-refractivity contribution in [2.45, 2.75) is 20.0 Å². The summed E-state index contributed by atoms with van der Waals surface area (Å²) in [6, 6.07) is 19.0. The molecule has 0 aliphatic heterocycles. The molecule has 0 saturated carbocycles. The number of hydrogen-bond acceptors (Lipinski definition) is 4. The summed E-state index contributed by atoms with van der Waals surface area (Å²) in [6.07, 6.45) is 1.81. The number of aromatic nitrogens is 3. The zero-order valence-electron chi connectivity index (χ0n) is 15.8. The maximum atomic E-state index is 12.4. The van der Waals surface area contributed by atoms with E-state index in [4.69, 9.17) is 16.1 Å². The fourth-order valence-corrected chi connectivity index (χ4v) is 3.14. The predicted octanol–water partition coefficient (Wildman–Crippen LogP) is 4.48. The molecule has 0 saturated heterocycles. The topological polar surface area (TPSA) is 73.0 Å². The average Bonchev–Trinajstić information content (AvgIpc) is 3.37. The van der Waals surface area contributed by atoms with Crippen molar-refractivity contribution in [3.05, 3.63) is 83.0 Å². The molecule has 0 fully saturated rings. The molecule has 0 unspecified atom stereocenters. The first-order chi connectivity index (χ1) is 14.1. The molecule has 1 amide bonds. The van der Waals surface area contributed by atoms with Gasteiger partial charge in [-0.3, -0.25) is 4.79 Å². The SMILES string of the molecule is Cc1ccc(-c2noc(-c3cccn3CC(=O)NCc3ccccc3Cl)n2)cc1. The minimum absolute atomic E-state index is 0.134. The monoisotopic (exact) mass is 406 g/mol. The van der Waals surface area contributed by atoms with Crippen LogP contribution in [0.5, 0.6) is 0 Å². The molecule has 0 aliphatic rings. The van der Waals surface area contributed by atoms with Crippen molar-refractivity contribution in [1.82, 2.24) is 20.0 Å². The van der Waals surface area contributed by atoms with Crippen LogP contribution in [0.3, 0.4) is 0 Å². The molecule has 2 aromatic carbocycles. The van der Waals surface area contributed by atoms with Crippen LogP contribution in [0, 0.1) is 6.92 Å². The first kappa shape index (κ1) is 19.0. The van der Waals surface area contributed by atoms with Gasteiger partial charge < -0.3 is 14.4 Å². The van der Waals surface area contributed by atoms with E-state index in [1.54, 1.807) is 16.8 Å². The Morgan fingerprint density at radius 3 is 2.69 bits per heavy atom. The third-order valence-electron chi connectivity index (χ3n) is 4.53. The molecule has 2 heterocycles. The number of carbonyl (C=O) groups excluding carboxylic acids is 1. The van der Waals surface area contributed by atoms with Gasteiger partial charge in [-0.1, -0.05) is 64.8 Å². The number of benzene rings is 2. The van der Waals surface area contributed by atoms with Crippen molar-refractivity contribution in [3.63, 3.8) is 0 Å². The van der Waals surface area contributed by atoms with Crippen LogP contribution in [0.4, 0.5) is 0 Å². The van der Waals surface area contributed by atoms with Gasteiger partial charge in [0.25, 0.3) is 5.89 Å². The van der Waals surface area contributed by atoms with Gasteiger partial charge in [0.15, 0.2) is 0 Å². The van der Waals surface area contributed by atoms with Gasteiger partial charge in [-0.2, -0.15) is 4.98 Å². The second-order valence-electron chi connectivity index (χ2n) is 6.68. The van der Waals surface area contributed by atoms with Gasteiger partial charge >= 0.3 is 0 Å². The van der Waals surface area contributed by atoms with Crippen LogP contribution in [0.15, 0.2) is 71.4 Å². The summed E-state index contributed by atoms with van der Waals surface area (Å²) in [5, 5.41) is 7.57. The molecule has 6 nitrogen and oxygen atoms in total. The average molecular weight is 407 g/mol. The number of carbonyl (C=O) groups is 1. The van der Waals surface area contributed by atoms with Crippen LogP contribution >= 0.6 is 11.6 Å². The fraction of sp³-hybridized carbons (Fsp3) is 0.136. The van der Waals surface area contributed by atoms with Crippen molar-refractivity contribution in [3.8, 4) is 23.0 Å². The lowest BCUT2D eigenvalue weighted by Crippen LogP contribution is -2.27. The Morgan fingerprint density at radius 1 is 1.10 bits per heavy atom. The molecule has 1 N–H and O–H groups in total. The quantitative estimate of drug-likeness (QED) is 0.512. The van der Waals surface area contributed by atoms with Crippen molar-refractivity contribution in [2.75, 3.05) is 0 Å². The highest BCUT2D eigenvalue weighted by Crippen LogP contribution is 2.23. The first-order valence-corrected chi connectivity index (χ1v) is 9.54. The van der Waals surface area contributed by atoms with Crippen LogP contribution in [0.2, 0.25) is 5.02 Å². The summed E-state index contributed by atoms with van der Waals surface area (Å²) in [5.74, 6) is 0.737. The van der Waals surface area contributed by atoms with E-state index in [9.17, 15) is 4.79 Å². The number of hydrogen-bond donors (Lipinski definition) is 1. The van der Waals surface area contributed by atoms with Crippen molar-refractivity contribution < 1.29 is 9.32 Å². The number of nitrogens with zero attached hydrogens (tertiary/aromatic N) is 3. The number of aryl methyl sites for hydroxylation is 1. The van der Waals surface area contributed by atoms with Gasteiger partial charge in [0.1, 0.15) is 12.2 Å². The number of halogens is 1. The Hall–Kier alpha value is -3.38. The zero-order chi connectivity index (χ0) is 20.2. The lowest BCUT2D eigenvalue weighted by atomic mass is 10.1. The van der Waals surface area contributed by atoms with Gasteiger partial charge in [0.2, 0.25) is 11.7 Å². The van der Waals surface area contributed by atoms with Crippen LogP contribution in [0.1, 0.15) is 11.1 Å². The lowest BCUT2D eigenvalue weighted by molar-refractivity contribution is -0.121. The van der Waals surface area contributed by atoms with E-state index in [2.05, 4.69) is 15.5 Å². The molecule has 0 atom stereocenters. The maximum absolute atomic E-state index is 12.4. The van der Waals surface area contributed by atoms with Gasteiger partial charge in [0.05, 0.1) is 0 Å². The lowest BCUT2D eigenvalue weighted by Gasteiger charge is -2.09. The Balaban J connectivity index is 1.45. The molecule has 146 valence electrons. The highest BCUT2D eigenvalue weighted by Gasteiger charge is 2.15. The summed E-state index contributed by atoms with van der Waals surface area (Å²) < 4.78 is 7.20. The van der Waals surface area contributed by atoms with E-state index >= 15 is 0 Å². The van der Waals surface area contributed by atoms with Crippen molar-refractivity contribution >= 4 is 17.5 Å². The third kappa shape index (κ3) is 4.38. The molecule has 4 rings (SSSR count). The van der Waals surface area contributed by atoms with E-state index in [-0.39, 0.29) is 12.5 Å². The molecular formula is C22H19ClN4O2. The zero-order valence-corrected chi connectivity index (χ0v) is 16.6. The summed E-state index contributed by atoms with van der Waals surface area (Å²) in [4.78, 5) is 16.9. The standard InChI is InChI=1S/C22H19ClN4O2/c1-15-8-10-16(11-9-15)21-25-22(29-26-21)19-7-4-12-27(19)14-20(28)24-13-17-5-2-3-6-18(17)23/h2-12H,13-14H2,1H3,(H,24,28). The molecule has 2 aromatic heterocycles. The Morgan fingerprint density at radius 2 is 1.90 bits per heavy atom. The number of rotatable bonds is 6. The number of nitrogens with one attached hydrogen (secondary N) is 1. The van der Waals surface area contributed by atoms with Crippen LogP contribution in [0.25, 0.3) is 23.0 Å². The molecule has 4 aromatic rings.